The molecule has 0 saturated carbocycles. The summed E-state index contributed by atoms with van der Waals surface area (Å²) in [4.78, 5) is 22.0. The predicted molar refractivity (Wildman–Crippen MR) is 101 cm³/mol. The number of aromatic hydroxyl groups is 1. The zero-order valence-electron chi connectivity index (χ0n) is 13.3. The first-order chi connectivity index (χ1) is 12.1. The van der Waals surface area contributed by atoms with Gasteiger partial charge in [-0.15, -0.1) is 0 Å². The van der Waals surface area contributed by atoms with E-state index in [1.54, 1.807) is 24.4 Å². The third kappa shape index (κ3) is 2.82. The third-order valence-electron chi connectivity index (χ3n) is 4.18. The average Bonchev–Trinajstić information content (AvgIpc) is 3.05. The van der Waals surface area contributed by atoms with Gasteiger partial charge in [0.15, 0.2) is 0 Å². The van der Waals surface area contributed by atoms with E-state index in [-0.39, 0.29) is 11.4 Å². The SMILES string of the molecule is [B]c1ccc2c(=O)[nH]c(O)c(C=NCc3ccc4cc[nH]c4c3)c2c1. The zero-order valence-corrected chi connectivity index (χ0v) is 13.3. The van der Waals surface area contributed by atoms with Crippen molar-refractivity contribution in [2.24, 2.45) is 4.99 Å². The molecule has 0 saturated heterocycles. The number of nitrogens with zero attached hydrogens (tertiary/aromatic N) is 1. The predicted octanol–water partition coefficient (Wildman–Crippen LogP) is 2.13. The van der Waals surface area contributed by atoms with Gasteiger partial charge < -0.3 is 10.1 Å². The zero-order chi connectivity index (χ0) is 17.4. The lowest BCUT2D eigenvalue weighted by molar-refractivity contribution is 0.452. The molecule has 0 aliphatic carbocycles. The molecule has 25 heavy (non-hydrogen) atoms. The van der Waals surface area contributed by atoms with Crippen LogP contribution in [0.1, 0.15) is 11.1 Å². The van der Waals surface area contributed by atoms with E-state index in [1.165, 1.54) is 0 Å². The number of H-pyrrole nitrogens is 2. The summed E-state index contributed by atoms with van der Waals surface area (Å²) < 4.78 is 0. The average molecular weight is 327 g/mol. The minimum absolute atomic E-state index is 0.216. The van der Waals surface area contributed by atoms with Crippen LogP contribution in [0.5, 0.6) is 5.88 Å². The fourth-order valence-electron chi connectivity index (χ4n) is 2.92. The van der Waals surface area contributed by atoms with Crippen LogP contribution >= 0.6 is 0 Å². The van der Waals surface area contributed by atoms with Gasteiger partial charge in [0, 0.05) is 28.7 Å². The summed E-state index contributed by atoms with van der Waals surface area (Å²) in [6.45, 7) is 0.456. The Bertz CT molecular complexity index is 1170. The summed E-state index contributed by atoms with van der Waals surface area (Å²) in [5.41, 5.74) is 2.70. The Morgan fingerprint density at radius 3 is 2.88 bits per heavy atom. The quantitative estimate of drug-likeness (QED) is 0.398. The van der Waals surface area contributed by atoms with Gasteiger partial charge >= 0.3 is 0 Å². The molecule has 5 nitrogen and oxygen atoms in total. The molecule has 0 fully saturated rings. The van der Waals surface area contributed by atoms with Crippen molar-refractivity contribution in [3.63, 3.8) is 0 Å². The maximum atomic E-state index is 12.0. The van der Waals surface area contributed by atoms with Gasteiger partial charge in [-0.05, 0) is 29.1 Å². The van der Waals surface area contributed by atoms with Crippen LogP contribution in [0.4, 0.5) is 0 Å². The summed E-state index contributed by atoms with van der Waals surface area (Å²) in [6, 6.07) is 13.0. The third-order valence-corrected chi connectivity index (χ3v) is 4.18. The van der Waals surface area contributed by atoms with Crippen molar-refractivity contribution in [2.45, 2.75) is 6.54 Å². The molecule has 0 spiro atoms. The number of aromatic amines is 2. The van der Waals surface area contributed by atoms with Gasteiger partial charge in [-0.3, -0.25) is 14.8 Å². The Labute approximate surface area is 144 Å². The van der Waals surface area contributed by atoms with Crippen LogP contribution in [0.15, 0.2) is 58.4 Å². The van der Waals surface area contributed by atoms with Crippen molar-refractivity contribution in [3.8, 4) is 5.88 Å². The summed E-state index contributed by atoms with van der Waals surface area (Å²) in [6.07, 6.45) is 3.46. The van der Waals surface area contributed by atoms with Crippen molar-refractivity contribution >= 4 is 41.2 Å². The van der Waals surface area contributed by atoms with Gasteiger partial charge in [-0.1, -0.05) is 29.7 Å². The van der Waals surface area contributed by atoms with Gasteiger partial charge in [0.05, 0.1) is 12.1 Å². The van der Waals surface area contributed by atoms with Crippen molar-refractivity contribution < 1.29 is 5.11 Å². The standard InChI is InChI=1S/C19H14BN3O2/c20-13-3-4-14-15(8-13)16(19(25)23-18(14)24)10-21-9-11-1-2-12-5-6-22-17(12)7-11/h1-8,10,22H,9H2,(H2,23,24,25). The van der Waals surface area contributed by atoms with E-state index in [0.29, 0.717) is 28.3 Å². The van der Waals surface area contributed by atoms with Crippen LogP contribution in [-0.4, -0.2) is 29.1 Å². The van der Waals surface area contributed by atoms with E-state index in [4.69, 9.17) is 7.85 Å². The molecule has 2 radical (unpaired) electrons. The Kier molecular flexibility index (Phi) is 3.65. The van der Waals surface area contributed by atoms with E-state index in [1.807, 2.05) is 30.5 Å². The summed E-state index contributed by atoms with van der Waals surface area (Å²) in [5, 5.41) is 12.3. The number of hydrogen-bond acceptors (Lipinski definition) is 3. The van der Waals surface area contributed by atoms with Gasteiger partial charge in [0.2, 0.25) is 5.88 Å². The second-order valence-corrected chi connectivity index (χ2v) is 5.89. The second kappa shape index (κ2) is 5.98. The van der Waals surface area contributed by atoms with Gasteiger partial charge in [-0.2, -0.15) is 0 Å². The highest BCUT2D eigenvalue weighted by atomic mass is 16.3. The Hall–Kier alpha value is -3.28. The molecular weight excluding hydrogens is 313 g/mol. The fourth-order valence-corrected chi connectivity index (χ4v) is 2.92. The first kappa shape index (κ1) is 15.3. The van der Waals surface area contributed by atoms with Crippen LogP contribution in [0.3, 0.4) is 0 Å². The Morgan fingerprint density at radius 1 is 1.12 bits per heavy atom. The molecule has 2 aromatic carbocycles. The molecule has 120 valence electrons. The topological polar surface area (TPSA) is 81.2 Å². The lowest BCUT2D eigenvalue weighted by atomic mass is 9.92. The molecule has 2 aromatic heterocycles. The monoisotopic (exact) mass is 327 g/mol. The highest BCUT2D eigenvalue weighted by Crippen LogP contribution is 2.20. The van der Waals surface area contributed by atoms with Crippen molar-refractivity contribution in [1.82, 2.24) is 9.97 Å². The highest BCUT2D eigenvalue weighted by molar-refractivity contribution is 6.33. The van der Waals surface area contributed by atoms with Crippen molar-refractivity contribution in [2.75, 3.05) is 0 Å². The van der Waals surface area contributed by atoms with Gasteiger partial charge in [0.25, 0.3) is 5.56 Å². The first-order valence-electron chi connectivity index (χ1n) is 7.82. The van der Waals surface area contributed by atoms with E-state index in [2.05, 4.69) is 15.0 Å². The van der Waals surface area contributed by atoms with Gasteiger partial charge in [-0.25, -0.2) is 0 Å². The van der Waals surface area contributed by atoms with Crippen LogP contribution in [-0.2, 0) is 6.54 Å². The number of pyridine rings is 1. The molecule has 0 bridgehead atoms. The normalized spacial score (nSPS) is 11.7. The number of aliphatic imine (C=N–C) groups is 1. The Morgan fingerprint density at radius 2 is 2.00 bits per heavy atom. The van der Waals surface area contributed by atoms with E-state index >= 15 is 0 Å². The maximum Gasteiger partial charge on any atom is 0.258 e. The number of nitrogens with one attached hydrogen (secondary N) is 2. The molecule has 6 heteroatoms. The van der Waals surface area contributed by atoms with Crippen LogP contribution in [0, 0.1) is 0 Å². The highest BCUT2D eigenvalue weighted by Gasteiger charge is 2.09. The summed E-state index contributed by atoms with van der Waals surface area (Å²) >= 11 is 0. The lowest BCUT2D eigenvalue weighted by Crippen LogP contribution is -2.11. The number of aromatic nitrogens is 2. The molecule has 4 aromatic rings. The Balaban J connectivity index is 1.71. The molecule has 4 rings (SSSR count). The molecule has 2 heterocycles. The molecule has 0 amide bonds. The number of rotatable bonds is 3. The smallest absolute Gasteiger partial charge is 0.258 e. The summed E-state index contributed by atoms with van der Waals surface area (Å²) in [7, 11) is 5.81. The van der Waals surface area contributed by atoms with Crippen LogP contribution < -0.4 is 11.0 Å². The molecular formula is C19H14BN3O2. The molecule has 0 aliphatic rings. The van der Waals surface area contributed by atoms with Crippen molar-refractivity contribution in [1.29, 1.82) is 0 Å². The molecule has 0 atom stereocenters. The molecule has 0 unspecified atom stereocenters. The second-order valence-electron chi connectivity index (χ2n) is 5.89. The number of hydrogen-bond donors (Lipinski definition) is 3. The minimum atomic E-state index is -0.359. The maximum absolute atomic E-state index is 12.0. The molecule has 0 aliphatic heterocycles. The van der Waals surface area contributed by atoms with Crippen molar-refractivity contribution in [3.05, 3.63) is 70.1 Å². The largest absolute Gasteiger partial charge is 0.494 e. The fraction of sp³-hybridized carbons (Fsp3) is 0.0526. The van der Waals surface area contributed by atoms with E-state index < -0.39 is 0 Å². The minimum Gasteiger partial charge on any atom is -0.494 e. The molecule has 3 N–H and O–H groups in total. The lowest BCUT2D eigenvalue weighted by Gasteiger charge is -2.06. The van der Waals surface area contributed by atoms with E-state index in [0.717, 1.165) is 16.5 Å². The van der Waals surface area contributed by atoms with Gasteiger partial charge in [0.1, 0.15) is 7.85 Å². The number of benzene rings is 2. The summed E-state index contributed by atoms with van der Waals surface area (Å²) in [5.74, 6) is -0.216. The first-order valence-corrected chi connectivity index (χ1v) is 7.82. The number of fused-ring (bicyclic) bond motifs is 2. The van der Waals surface area contributed by atoms with Crippen LogP contribution in [0.2, 0.25) is 0 Å². The van der Waals surface area contributed by atoms with Crippen LogP contribution in [0.25, 0.3) is 21.7 Å². The van der Waals surface area contributed by atoms with E-state index in [9.17, 15) is 9.90 Å².